The van der Waals surface area contributed by atoms with E-state index < -0.39 is 24.4 Å². The van der Waals surface area contributed by atoms with Gasteiger partial charge in [0.25, 0.3) is 5.91 Å². The number of alkyl halides is 1. The van der Waals surface area contributed by atoms with E-state index in [1.54, 1.807) is 42.5 Å². The van der Waals surface area contributed by atoms with Gasteiger partial charge >= 0.3 is 5.97 Å². The van der Waals surface area contributed by atoms with Gasteiger partial charge in [0, 0.05) is 18.3 Å². The van der Waals surface area contributed by atoms with Gasteiger partial charge in [-0.05, 0) is 47.0 Å². The van der Waals surface area contributed by atoms with E-state index in [4.69, 9.17) is 10.5 Å². The number of carbonyl (C=O) groups excluding carboxylic acids is 2. The molecule has 154 valence electrons. The Morgan fingerprint density at radius 1 is 1.10 bits per heavy atom. The Hall–Kier alpha value is -3.65. The highest BCUT2D eigenvalue weighted by Gasteiger charge is 2.14. The van der Waals surface area contributed by atoms with Crippen LogP contribution in [0.1, 0.15) is 26.3 Å². The summed E-state index contributed by atoms with van der Waals surface area (Å²) in [5.41, 5.74) is 8.39. The van der Waals surface area contributed by atoms with Crippen LogP contribution < -0.4 is 11.1 Å². The maximum Gasteiger partial charge on any atom is 0.338 e. The van der Waals surface area contributed by atoms with Crippen molar-refractivity contribution in [2.75, 3.05) is 18.6 Å². The molecular weight excluding hydrogens is 392 g/mol. The SMILES string of the molecule is NCc1ccc(C(=O)Nc2ccncc2F)cc1-c1cccc(C(=O)OCCF)c1. The normalized spacial score (nSPS) is 10.5. The van der Waals surface area contributed by atoms with Crippen molar-refractivity contribution in [3.63, 3.8) is 0 Å². The van der Waals surface area contributed by atoms with Crippen molar-refractivity contribution in [2.24, 2.45) is 5.73 Å². The van der Waals surface area contributed by atoms with Crippen LogP contribution >= 0.6 is 0 Å². The number of benzene rings is 2. The van der Waals surface area contributed by atoms with Gasteiger partial charge in [0.2, 0.25) is 0 Å². The molecule has 0 atom stereocenters. The van der Waals surface area contributed by atoms with Gasteiger partial charge in [-0.15, -0.1) is 0 Å². The molecule has 0 aliphatic rings. The van der Waals surface area contributed by atoms with Gasteiger partial charge in [0.15, 0.2) is 5.82 Å². The Morgan fingerprint density at radius 3 is 2.67 bits per heavy atom. The van der Waals surface area contributed by atoms with Gasteiger partial charge in [-0.3, -0.25) is 9.78 Å². The Bertz CT molecular complexity index is 1070. The molecule has 2 aromatic carbocycles. The van der Waals surface area contributed by atoms with Crippen LogP contribution in [0.15, 0.2) is 60.9 Å². The molecule has 1 aromatic heterocycles. The molecule has 3 rings (SSSR count). The second kappa shape index (κ2) is 9.71. The number of hydrogen-bond acceptors (Lipinski definition) is 5. The monoisotopic (exact) mass is 411 g/mol. The van der Waals surface area contributed by atoms with Gasteiger partial charge in [-0.25, -0.2) is 13.6 Å². The quantitative estimate of drug-likeness (QED) is 0.578. The number of pyridine rings is 1. The largest absolute Gasteiger partial charge is 0.459 e. The number of esters is 1. The third-order valence-electron chi connectivity index (χ3n) is 4.33. The first kappa shape index (κ1) is 21.1. The maximum atomic E-state index is 13.8. The summed E-state index contributed by atoms with van der Waals surface area (Å²) in [5, 5.41) is 2.50. The van der Waals surface area contributed by atoms with E-state index in [1.807, 2.05) is 0 Å². The van der Waals surface area contributed by atoms with Crippen LogP contribution in [-0.4, -0.2) is 30.1 Å². The minimum absolute atomic E-state index is 0.0112. The molecule has 0 radical (unpaired) electrons. The van der Waals surface area contributed by atoms with Crippen LogP contribution in [0.5, 0.6) is 0 Å². The number of nitrogens with one attached hydrogen (secondary N) is 1. The number of ether oxygens (including phenoxy) is 1. The van der Waals surface area contributed by atoms with E-state index in [9.17, 15) is 18.4 Å². The van der Waals surface area contributed by atoms with Crippen molar-refractivity contribution in [3.8, 4) is 11.1 Å². The van der Waals surface area contributed by atoms with Gasteiger partial charge in [-0.1, -0.05) is 18.2 Å². The highest BCUT2D eigenvalue weighted by Crippen LogP contribution is 2.27. The lowest BCUT2D eigenvalue weighted by Crippen LogP contribution is -2.14. The van der Waals surface area contributed by atoms with Gasteiger partial charge < -0.3 is 15.8 Å². The molecule has 0 aliphatic carbocycles. The smallest absolute Gasteiger partial charge is 0.338 e. The lowest BCUT2D eigenvalue weighted by molar-refractivity contribution is 0.0481. The minimum Gasteiger partial charge on any atom is -0.459 e. The van der Waals surface area contributed by atoms with E-state index in [2.05, 4.69) is 10.3 Å². The average Bonchev–Trinajstić information content (AvgIpc) is 2.78. The number of rotatable bonds is 7. The zero-order chi connectivity index (χ0) is 21.5. The molecule has 0 fully saturated rings. The van der Waals surface area contributed by atoms with Crippen LogP contribution in [0, 0.1) is 5.82 Å². The number of anilines is 1. The molecule has 1 heterocycles. The third kappa shape index (κ3) is 4.84. The van der Waals surface area contributed by atoms with Crippen molar-refractivity contribution in [2.45, 2.75) is 6.54 Å². The number of aromatic nitrogens is 1. The third-order valence-corrected chi connectivity index (χ3v) is 4.33. The predicted molar refractivity (Wildman–Crippen MR) is 108 cm³/mol. The summed E-state index contributed by atoms with van der Waals surface area (Å²) < 4.78 is 30.9. The van der Waals surface area contributed by atoms with Crippen LogP contribution in [0.4, 0.5) is 14.5 Å². The second-order valence-electron chi connectivity index (χ2n) is 6.29. The van der Waals surface area contributed by atoms with Gasteiger partial charge in [-0.2, -0.15) is 0 Å². The van der Waals surface area contributed by atoms with Gasteiger partial charge in [0.1, 0.15) is 13.3 Å². The summed E-state index contributed by atoms with van der Waals surface area (Å²) in [6, 6.07) is 12.8. The Balaban J connectivity index is 1.93. The molecule has 8 heteroatoms. The fourth-order valence-corrected chi connectivity index (χ4v) is 2.86. The summed E-state index contributed by atoms with van der Waals surface area (Å²) in [5.74, 6) is -1.81. The molecule has 6 nitrogen and oxygen atoms in total. The van der Waals surface area contributed by atoms with Crippen LogP contribution in [0.25, 0.3) is 11.1 Å². The first-order valence-corrected chi connectivity index (χ1v) is 9.11. The fourth-order valence-electron chi connectivity index (χ4n) is 2.86. The van der Waals surface area contributed by atoms with Crippen molar-refractivity contribution >= 4 is 17.6 Å². The first-order valence-electron chi connectivity index (χ1n) is 9.11. The second-order valence-corrected chi connectivity index (χ2v) is 6.29. The van der Waals surface area contributed by atoms with E-state index in [0.717, 1.165) is 11.8 Å². The van der Waals surface area contributed by atoms with Crippen LogP contribution in [0.3, 0.4) is 0 Å². The number of carbonyl (C=O) groups is 2. The molecule has 1 amide bonds. The molecule has 0 unspecified atom stereocenters. The van der Waals surface area contributed by atoms with Crippen molar-refractivity contribution < 1.29 is 23.1 Å². The summed E-state index contributed by atoms with van der Waals surface area (Å²) in [6.07, 6.45) is 2.38. The van der Waals surface area contributed by atoms with Crippen molar-refractivity contribution in [1.82, 2.24) is 4.98 Å². The van der Waals surface area contributed by atoms with E-state index >= 15 is 0 Å². The molecule has 3 aromatic rings. The molecule has 0 saturated carbocycles. The lowest BCUT2D eigenvalue weighted by Gasteiger charge is -2.12. The number of nitrogens with two attached hydrogens (primary N) is 1. The Morgan fingerprint density at radius 2 is 1.93 bits per heavy atom. The Labute approximate surface area is 171 Å². The number of amides is 1. The molecule has 0 spiro atoms. The van der Waals surface area contributed by atoms with Crippen molar-refractivity contribution in [1.29, 1.82) is 0 Å². The molecular formula is C22H19F2N3O3. The molecule has 3 N–H and O–H groups in total. The van der Waals surface area contributed by atoms with Gasteiger partial charge in [0.05, 0.1) is 17.4 Å². The molecule has 0 bridgehead atoms. The van der Waals surface area contributed by atoms with Crippen LogP contribution in [-0.2, 0) is 11.3 Å². The summed E-state index contributed by atoms with van der Waals surface area (Å²) in [6.45, 7) is -0.886. The summed E-state index contributed by atoms with van der Waals surface area (Å²) >= 11 is 0. The highest BCUT2D eigenvalue weighted by atomic mass is 19.1. The molecule has 0 aliphatic heterocycles. The number of hydrogen-bond donors (Lipinski definition) is 2. The zero-order valence-corrected chi connectivity index (χ0v) is 15.9. The van der Waals surface area contributed by atoms with Crippen molar-refractivity contribution in [3.05, 3.63) is 83.4 Å². The standard InChI is InChI=1S/C22H19F2N3O3/c23-7-9-30-22(29)16-3-1-2-14(10-16)18-11-15(4-5-17(18)12-25)21(28)27-20-6-8-26-13-19(20)24/h1-6,8,10-11,13H,7,9,12,25H2,(H,26,27,28). The fraction of sp³-hybridized carbons (Fsp3) is 0.136. The number of halogens is 2. The maximum absolute atomic E-state index is 13.8. The van der Waals surface area contributed by atoms with E-state index in [-0.39, 0.29) is 30.0 Å². The molecule has 30 heavy (non-hydrogen) atoms. The Kier molecular flexibility index (Phi) is 6.82. The van der Waals surface area contributed by atoms with E-state index in [0.29, 0.717) is 11.1 Å². The predicted octanol–water partition coefficient (Wildman–Crippen LogP) is 3.73. The summed E-state index contributed by atoms with van der Waals surface area (Å²) in [4.78, 5) is 28.3. The highest BCUT2D eigenvalue weighted by molar-refractivity contribution is 6.05. The number of nitrogens with zero attached hydrogens (tertiary/aromatic N) is 1. The van der Waals surface area contributed by atoms with Crippen LogP contribution in [0.2, 0.25) is 0 Å². The minimum atomic E-state index is -0.766. The topological polar surface area (TPSA) is 94.3 Å². The summed E-state index contributed by atoms with van der Waals surface area (Å²) in [7, 11) is 0. The lowest BCUT2D eigenvalue weighted by atomic mass is 9.95. The van der Waals surface area contributed by atoms with E-state index in [1.165, 1.54) is 12.3 Å². The first-order chi connectivity index (χ1) is 14.5. The molecule has 0 saturated heterocycles. The zero-order valence-electron chi connectivity index (χ0n) is 15.9. The average molecular weight is 411 g/mol.